The molecule has 0 atom stereocenters. The number of nitrogens with one attached hydrogen (secondary N) is 2. The van der Waals surface area contributed by atoms with Crippen molar-refractivity contribution in [2.24, 2.45) is 0 Å². The summed E-state index contributed by atoms with van der Waals surface area (Å²) in [5, 5.41) is 0.511. The summed E-state index contributed by atoms with van der Waals surface area (Å²) in [7, 11) is -4.55. The van der Waals surface area contributed by atoms with Crippen LogP contribution in [0.25, 0.3) is 21.8 Å². The summed E-state index contributed by atoms with van der Waals surface area (Å²) in [4.78, 5) is 31.9. The monoisotopic (exact) mass is 394 g/mol. The van der Waals surface area contributed by atoms with Gasteiger partial charge in [0.05, 0.1) is 10.9 Å². The quantitative estimate of drug-likeness (QED) is 0.376. The topological polar surface area (TPSA) is 120 Å². The molecule has 2 aromatic carbocycles. The van der Waals surface area contributed by atoms with Gasteiger partial charge < -0.3 is 9.97 Å². The first-order chi connectivity index (χ1) is 13.3. The molecule has 2 heterocycles. The van der Waals surface area contributed by atoms with Crippen LogP contribution in [0.4, 0.5) is 0 Å². The highest BCUT2D eigenvalue weighted by atomic mass is 32.2. The van der Waals surface area contributed by atoms with Gasteiger partial charge in [0.1, 0.15) is 4.90 Å². The molecule has 0 saturated heterocycles. The maximum Gasteiger partial charge on any atom is 0.295 e. The van der Waals surface area contributed by atoms with Gasteiger partial charge in [-0.15, -0.1) is 0 Å². The van der Waals surface area contributed by atoms with Crippen LogP contribution in [0.3, 0.4) is 0 Å². The summed E-state index contributed by atoms with van der Waals surface area (Å²) in [5.74, 6) is 0. The zero-order valence-corrected chi connectivity index (χ0v) is 15.3. The van der Waals surface area contributed by atoms with Crippen molar-refractivity contribution in [1.82, 2.24) is 9.97 Å². The molecular formula is C20H14N2O5S. The van der Waals surface area contributed by atoms with Crippen LogP contribution in [0.1, 0.15) is 22.5 Å². The van der Waals surface area contributed by atoms with E-state index < -0.39 is 20.4 Å². The Balaban J connectivity index is 1.82. The van der Waals surface area contributed by atoms with Crippen molar-refractivity contribution < 1.29 is 13.0 Å². The molecule has 3 N–H and O–H groups in total. The highest BCUT2D eigenvalue weighted by Crippen LogP contribution is 2.26. The van der Waals surface area contributed by atoms with E-state index in [9.17, 15) is 22.6 Å². The van der Waals surface area contributed by atoms with Crippen molar-refractivity contribution in [3.05, 3.63) is 85.4 Å². The minimum Gasteiger partial charge on any atom is -0.358 e. The number of aromatic nitrogens is 2. The molecule has 5 rings (SSSR count). The van der Waals surface area contributed by atoms with Gasteiger partial charge >= 0.3 is 0 Å². The molecule has 0 spiro atoms. The second kappa shape index (κ2) is 5.63. The predicted molar refractivity (Wildman–Crippen MR) is 105 cm³/mol. The lowest BCUT2D eigenvalue weighted by atomic mass is 9.90. The van der Waals surface area contributed by atoms with Crippen molar-refractivity contribution in [2.75, 3.05) is 0 Å². The molecule has 4 aromatic rings. The van der Waals surface area contributed by atoms with E-state index in [1.54, 1.807) is 24.3 Å². The van der Waals surface area contributed by atoms with Gasteiger partial charge in [-0.3, -0.25) is 14.1 Å². The Morgan fingerprint density at radius 1 is 0.786 bits per heavy atom. The third-order valence-corrected chi connectivity index (χ3v) is 6.15. The van der Waals surface area contributed by atoms with Crippen LogP contribution in [-0.2, 0) is 23.0 Å². The van der Waals surface area contributed by atoms with E-state index in [-0.39, 0.29) is 23.7 Å². The molecule has 140 valence electrons. The lowest BCUT2D eigenvalue weighted by molar-refractivity contribution is 0.484. The number of pyridine rings is 2. The maximum absolute atomic E-state index is 13.1. The third-order valence-electron chi connectivity index (χ3n) is 5.26. The fraction of sp³-hybridized carbons (Fsp3) is 0.100. The summed E-state index contributed by atoms with van der Waals surface area (Å²) in [6, 6.07) is 11.4. The molecule has 0 aliphatic heterocycles. The van der Waals surface area contributed by atoms with Crippen LogP contribution in [0, 0.1) is 0 Å². The lowest BCUT2D eigenvalue weighted by Gasteiger charge is -2.20. The summed E-state index contributed by atoms with van der Waals surface area (Å²) < 4.78 is 32.9. The minimum absolute atomic E-state index is 0.0738. The summed E-state index contributed by atoms with van der Waals surface area (Å²) in [5.41, 5.74) is 2.65. The molecule has 0 fully saturated rings. The number of fused-ring (bicyclic) bond motifs is 4. The fourth-order valence-electron chi connectivity index (χ4n) is 3.97. The molecule has 0 amide bonds. The zero-order chi connectivity index (χ0) is 19.6. The van der Waals surface area contributed by atoms with E-state index in [0.29, 0.717) is 38.9 Å². The minimum atomic E-state index is -4.55. The maximum atomic E-state index is 13.1. The molecule has 28 heavy (non-hydrogen) atoms. The number of H-pyrrole nitrogens is 2. The van der Waals surface area contributed by atoms with Crippen LogP contribution in [0.15, 0.2) is 56.9 Å². The average Bonchev–Trinajstić information content (AvgIpc) is 2.66. The van der Waals surface area contributed by atoms with E-state index in [1.807, 2.05) is 6.07 Å². The van der Waals surface area contributed by atoms with Gasteiger partial charge in [-0.05, 0) is 24.3 Å². The lowest BCUT2D eigenvalue weighted by Crippen LogP contribution is -2.26. The second-order valence-corrected chi connectivity index (χ2v) is 8.27. The van der Waals surface area contributed by atoms with E-state index in [2.05, 4.69) is 9.97 Å². The van der Waals surface area contributed by atoms with E-state index >= 15 is 0 Å². The van der Waals surface area contributed by atoms with Crippen LogP contribution in [-0.4, -0.2) is 22.9 Å². The van der Waals surface area contributed by atoms with Crippen LogP contribution >= 0.6 is 0 Å². The van der Waals surface area contributed by atoms with Gasteiger partial charge in [0.15, 0.2) is 10.9 Å². The second-order valence-electron chi connectivity index (χ2n) is 6.88. The first-order valence-electron chi connectivity index (χ1n) is 8.61. The predicted octanol–water partition coefficient (Wildman–Crippen LogP) is 2.11. The van der Waals surface area contributed by atoms with E-state index in [0.717, 1.165) is 0 Å². The SMILES string of the molecule is O=c1c2c([nH]c3ccccc13)Cc1c([nH]c3cccc(S(=O)(=O)O)c3c1=O)C2. The first kappa shape index (κ1) is 16.9. The van der Waals surface area contributed by atoms with Gasteiger partial charge in [-0.2, -0.15) is 8.42 Å². The number of hydrogen-bond donors (Lipinski definition) is 3. The largest absolute Gasteiger partial charge is 0.358 e. The van der Waals surface area contributed by atoms with Crippen LogP contribution < -0.4 is 10.9 Å². The summed E-state index contributed by atoms with van der Waals surface area (Å²) >= 11 is 0. The molecule has 0 radical (unpaired) electrons. The van der Waals surface area contributed by atoms with E-state index in [1.165, 1.54) is 12.1 Å². The Labute approximate surface area is 158 Å². The van der Waals surface area contributed by atoms with Gasteiger partial charge in [-0.1, -0.05) is 18.2 Å². The first-order valence-corrected chi connectivity index (χ1v) is 10.1. The molecular weight excluding hydrogens is 380 g/mol. The van der Waals surface area contributed by atoms with Crippen molar-refractivity contribution in [3.8, 4) is 0 Å². The molecule has 7 nitrogen and oxygen atoms in total. The Bertz CT molecular complexity index is 1530. The van der Waals surface area contributed by atoms with Gasteiger partial charge in [0, 0.05) is 46.3 Å². The summed E-state index contributed by atoms with van der Waals surface area (Å²) in [6.45, 7) is 0. The van der Waals surface area contributed by atoms with Gasteiger partial charge in [0.2, 0.25) is 0 Å². The Hall–Kier alpha value is -3.23. The molecule has 1 aliphatic rings. The standard InChI is InChI=1S/C20H14N2O5S/c23-19-10-4-1-2-5-13(10)21-15-9-12-16(8-11(15)19)22-14-6-3-7-17(28(25,26)27)18(14)20(12)24/h1-7H,8-9H2,(H,21,23)(H,22,24)(H,25,26,27). The number of rotatable bonds is 1. The number of para-hydroxylation sites is 1. The van der Waals surface area contributed by atoms with Crippen molar-refractivity contribution >= 4 is 31.9 Å². The smallest absolute Gasteiger partial charge is 0.295 e. The Kier molecular flexibility index (Phi) is 3.40. The van der Waals surface area contributed by atoms with Gasteiger partial charge in [-0.25, -0.2) is 0 Å². The number of benzene rings is 2. The van der Waals surface area contributed by atoms with E-state index in [4.69, 9.17) is 0 Å². The Morgan fingerprint density at radius 2 is 1.39 bits per heavy atom. The van der Waals surface area contributed by atoms with Crippen LogP contribution in [0.5, 0.6) is 0 Å². The molecule has 2 aromatic heterocycles. The highest BCUT2D eigenvalue weighted by Gasteiger charge is 2.26. The zero-order valence-electron chi connectivity index (χ0n) is 14.4. The number of hydrogen-bond acceptors (Lipinski definition) is 4. The van der Waals surface area contributed by atoms with Gasteiger partial charge in [0.25, 0.3) is 10.1 Å². The molecule has 8 heteroatoms. The Morgan fingerprint density at radius 3 is 2.11 bits per heavy atom. The average molecular weight is 394 g/mol. The number of aromatic amines is 2. The molecule has 1 aliphatic carbocycles. The van der Waals surface area contributed by atoms with Crippen molar-refractivity contribution in [2.45, 2.75) is 17.7 Å². The molecule has 0 bridgehead atoms. The van der Waals surface area contributed by atoms with Crippen LogP contribution in [0.2, 0.25) is 0 Å². The fourth-order valence-corrected chi connectivity index (χ4v) is 4.68. The molecule has 0 unspecified atom stereocenters. The van der Waals surface area contributed by atoms with Crippen molar-refractivity contribution in [1.29, 1.82) is 0 Å². The highest BCUT2D eigenvalue weighted by molar-refractivity contribution is 7.86. The summed E-state index contributed by atoms with van der Waals surface area (Å²) in [6.07, 6.45) is 0.419. The normalized spacial score (nSPS) is 13.5. The third kappa shape index (κ3) is 2.35. The van der Waals surface area contributed by atoms with Crippen molar-refractivity contribution in [3.63, 3.8) is 0 Å². The molecule has 0 saturated carbocycles.